The van der Waals surface area contributed by atoms with Crippen LogP contribution in [0.3, 0.4) is 0 Å². The second-order valence-electron chi connectivity index (χ2n) is 8.12. The van der Waals surface area contributed by atoms with Crippen molar-refractivity contribution in [2.75, 3.05) is 0 Å². The topological polar surface area (TPSA) is 52.0 Å². The summed E-state index contributed by atoms with van der Waals surface area (Å²) in [5, 5.41) is 0. The van der Waals surface area contributed by atoms with Crippen LogP contribution >= 0.6 is 0 Å². The molecule has 2 rings (SSSR count). The van der Waals surface area contributed by atoms with Crippen molar-refractivity contribution >= 4 is 0 Å². The van der Waals surface area contributed by atoms with E-state index in [1.807, 2.05) is 0 Å². The van der Waals surface area contributed by atoms with Gasteiger partial charge in [-0.3, -0.25) is 0 Å². The van der Waals surface area contributed by atoms with E-state index in [-0.39, 0.29) is 10.8 Å². The van der Waals surface area contributed by atoms with Crippen LogP contribution in [-0.4, -0.2) is 5.66 Å². The van der Waals surface area contributed by atoms with Crippen molar-refractivity contribution in [1.29, 1.82) is 0 Å². The maximum absolute atomic E-state index is 6.82. The first-order chi connectivity index (χ1) is 8.73. The Kier molecular flexibility index (Phi) is 4.06. The molecule has 0 aromatic rings. The highest BCUT2D eigenvalue weighted by molar-refractivity contribution is 5.09. The third-order valence-corrected chi connectivity index (χ3v) is 7.20. The van der Waals surface area contributed by atoms with Crippen molar-refractivity contribution in [3.8, 4) is 0 Å². The highest BCUT2D eigenvalue weighted by atomic mass is 15.0. The van der Waals surface area contributed by atoms with Crippen molar-refractivity contribution in [3.63, 3.8) is 0 Å². The second-order valence-corrected chi connectivity index (χ2v) is 8.12. The molecule has 2 saturated carbocycles. The van der Waals surface area contributed by atoms with Gasteiger partial charge in [0.05, 0.1) is 5.66 Å². The summed E-state index contributed by atoms with van der Waals surface area (Å²) in [7, 11) is 0. The largest absolute Gasteiger partial charge is 0.313 e. The van der Waals surface area contributed by atoms with Gasteiger partial charge in [-0.1, -0.05) is 59.8 Å². The molecular formula is C17H34N2. The van der Waals surface area contributed by atoms with Crippen molar-refractivity contribution in [3.05, 3.63) is 0 Å². The molecule has 2 aliphatic carbocycles. The van der Waals surface area contributed by atoms with Gasteiger partial charge in [0.15, 0.2) is 0 Å². The minimum absolute atomic E-state index is 0.0552. The van der Waals surface area contributed by atoms with E-state index in [1.54, 1.807) is 0 Å². The Morgan fingerprint density at radius 1 is 0.895 bits per heavy atom. The molecule has 0 radical (unpaired) electrons. The molecule has 0 saturated heterocycles. The van der Waals surface area contributed by atoms with Crippen LogP contribution in [0.25, 0.3) is 0 Å². The Hall–Kier alpha value is -0.0800. The van der Waals surface area contributed by atoms with Gasteiger partial charge in [-0.15, -0.1) is 0 Å². The van der Waals surface area contributed by atoms with Gasteiger partial charge in [0.25, 0.3) is 0 Å². The van der Waals surface area contributed by atoms with Crippen molar-refractivity contribution in [1.82, 2.24) is 0 Å². The van der Waals surface area contributed by atoms with E-state index in [0.717, 1.165) is 0 Å². The van der Waals surface area contributed by atoms with Gasteiger partial charge in [-0.05, 0) is 36.5 Å². The molecule has 0 spiro atoms. The van der Waals surface area contributed by atoms with E-state index in [4.69, 9.17) is 11.5 Å². The molecule has 19 heavy (non-hydrogen) atoms. The van der Waals surface area contributed by atoms with Crippen molar-refractivity contribution < 1.29 is 0 Å². The van der Waals surface area contributed by atoms with E-state index in [2.05, 4.69) is 27.7 Å². The molecule has 0 bridgehead atoms. The van der Waals surface area contributed by atoms with Gasteiger partial charge >= 0.3 is 0 Å². The average molecular weight is 266 g/mol. The standard InChI is InChI=1S/C17H34N2/c1-13-9-8-12-16(4,15(13,2)3)17(18,19)14-10-6-5-7-11-14/h13-14H,5-12,18-19H2,1-4H3. The molecule has 0 heterocycles. The second kappa shape index (κ2) is 5.04. The first-order valence-electron chi connectivity index (χ1n) is 8.31. The zero-order valence-electron chi connectivity index (χ0n) is 13.5. The molecule has 2 nitrogen and oxygen atoms in total. The van der Waals surface area contributed by atoms with E-state index in [0.29, 0.717) is 11.8 Å². The summed E-state index contributed by atoms with van der Waals surface area (Å²) >= 11 is 0. The van der Waals surface area contributed by atoms with E-state index in [1.165, 1.54) is 51.4 Å². The summed E-state index contributed by atoms with van der Waals surface area (Å²) in [6.45, 7) is 9.55. The molecule has 2 unspecified atom stereocenters. The maximum Gasteiger partial charge on any atom is 0.0725 e. The van der Waals surface area contributed by atoms with Gasteiger partial charge < -0.3 is 11.5 Å². The molecule has 2 fully saturated rings. The lowest BCUT2D eigenvalue weighted by molar-refractivity contribution is -0.0987. The number of hydrogen-bond donors (Lipinski definition) is 2. The monoisotopic (exact) mass is 266 g/mol. The highest BCUT2D eigenvalue weighted by Gasteiger charge is 2.58. The third-order valence-electron chi connectivity index (χ3n) is 7.20. The van der Waals surface area contributed by atoms with Gasteiger partial charge in [-0.2, -0.15) is 0 Å². The molecule has 2 heteroatoms. The smallest absolute Gasteiger partial charge is 0.0725 e. The van der Waals surface area contributed by atoms with Gasteiger partial charge in [0.2, 0.25) is 0 Å². The van der Waals surface area contributed by atoms with Gasteiger partial charge in [0.1, 0.15) is 0 Å². The molecule has 0 aliphatic heterocycles. The number of rotatable bonds is 2. The Morgan fingerprint density at radius 2 is 1.47 bits per heavy atom. The summed E-state index contributed by atoms with van der Waals surface area (Å²) in [6.07, 6.45) is 10.2. The quantitative estimate of drug-likeness (QED) is 0.741. The molecule has 0 amide bonds. The molecule has 4 N–H and O–H groups in total. The summed E-state index contributed by atoms with van der Waals surface area (Å²) in [5.74, 6) is 1.22. The molecule has 0 aromatic heterocycles. The number of hydrogen-bond acceptors (Lipinski definition) is 2. The maximum atomic E-state index is 6.82. The van der Waals surface area contributed by atoms with Crippen LogP contribution in [-0.2, 0) is 0 Å². The Bertz CT molecular complexity index is 315. The van der Waals surface area contributed by atoms with Crippen LogP contribution < -0.4 is 11.5 Å². The zero-order chi connectivity index (χ0) is 14.3. The van der Waals surface area contributed by atoms with Crippen molar-refractivity contribution in [2.24, 2.45) is 34.1 Å². The highest BCUT2D eigenvalue weighted by Crippen LogP contribution is 2.58. The summed E-state index contributed by atoms with van der Waals surface area (Å²) < 4.78 is 0. The van der Waals surface area contributed by atoms with E-state index in [9.17, 15) is 0 Å². The molecule has 2 atom stereocenters. The van der Waals surface area contributed by atoms with Crippen molar-refractivity contribution in [2.45, 2.75) is 84.7 Å². The third kappa shape index (κ3) is 2.25. The SMILES string of the molecule is CC1CCCC(C)(C(N)(N)C2CCCCC2)C1(C)C. The average Bonchev–Trinajstić information content (AvgIpc) is 2.37. The zero-order valence-corrected chi connectivity index (χ0v) is 13.5. The normalized spacial score (nSPS) is 37.3. The molecule has 0 aromatic carbocycles. The summed E-state index contributed by atoms with van der Waals surface area (Å²) in [4.78, 5) is 0. The van der Waals surface area contributed by atoms with Crippen LogP contribution in [0.5, 0.6) is 0 Å². The minimum atomic E-state index is -0.508. The fourth-order valence-electron chi connectivity index (χ4n) is 4.79. The van der Waals surface area contributed by atoms with Gasteiger partial charge in [0, 0.05) is 5.41 Å². The van der Waals surface area contributed by atoms with E-state index >= 15 is 0 Å². The first-order valence-corrected chi connectivity index (χ1v) is 8.31. The molecule has 2 aliphatic rings. The predicted octanol–water partition coefficient (Wildman–Crippen LogP) is 4.03. The van der Waals surface area contributed by atoms with Crippen LogP contribution in [0.15, 0.2) is 0 Å². The van der Waals surface area contributed by atoms with Gasteiger partial charge in [-0.25, -0.2) is 0 Å². The van der Waals surface area contributed by atoms with Crippen LogP contribution in [0.4, 0.5) is 0 Å². The summed E-state index contributed by atoms with van der Waals surface area (Å²) in [6, 6.07) is 0. The molecule has 112 valence electrons. The minimum Gasteiger partial charge on any atom is -0.313 e. The fraction of sp³-hybridized carbons (Fsp3) is 1.00. The van der Waals surface area contributed by atoms with E-state index < -0.39 is 5.66 Å². The van der Waals surface area contributed by atoms with Crippen LogP contribution in [0, 0.1) is 22.7 Å². The van der Waals surface area contributed by atoms with Crippen LogP contribution in [0.1, 0.15) is 79.1 Å². The Balaban J connectivity index is 2.30. The lowest BCUT2D eigenvalue weighted by Gasteiger charge is -2.61. The molecular weight excluding hydrogens is 232 g/mol. The fourth-order valence-corrected chi connectivity index (χ4v) is 4.79. The lowest BCUT2D eigenvalue weighted by Crippen LogP contribution is -2.71. The first kappa shape index (κ1) is 15.3. The Labute approximate surface area is 119 Å². The Morgan fingerprint density at radius 3 is 2.05 bits per heavy atom. The predicted molar refractivity (Wildman–Crippen MR) is 82.6 cm³/mol. The lowest BCUT2D eigenvalue weighted by atomic mass is 9.47. The summed E-state index contributed by atoms with van der Waals surface area (Å²) in [5.41, 5.74) is 13.4. The number of nitrogens with two attached hydrogens (primary N) is 2. The van der Waals surface area contributed by atoms with Crippen LogP contribution in [0.2, 0.25) is 0 Å².